The number of esters is 1. The van der Waals surface area contributed by atoms with Crippen molar-refractivity contribution in [1.29, 1.82) is 5.26 Å². The number of carbonyl (C=O) groups excluding carboxylic acids is 1. The molecule has 0 aromatic heterocycles. The van der Waals surface area contributed by atoms with Crippen LogP contribution in [-0.4, -0.2) is 37.1 Å². The largest absolute Gasteiger partial charge is 0.466 e. The number of carbonyl (C=O) groups is 1. The number of hydrogen-bond donors (Lipinski definition) is 0. The minimum Gasteiger partial charge on any atom is -0.466 e. The molecule has 0 aliphatic carbocycles. The van der Waals surface area contributed by atoms with Gasteiger partial charge in [0, 0.05) is 6.42 Å². The molecule has 0 radical (unpaired) electrons. The summed E-state index contributed by atoms with van der Waals surface area (Å²) in [6.07, 6.45) is 3.39. The Labute approximate surface area is 98.2 Å². The van der Waals surface area contributed by atoms with Crippen molar-refractivity contribution in [3.05, 3.63) is 0 Å². The van der Waals surface area contributed by atoms with Crippen LogP contribution in [0, 0.1) is 11.3 Å². The molecule has 0 rings (SSSR count). The molecule has 0 N–H and O–H groups in total. The predicted octanol–water partition coefficient (Wildman–Crippen LogP) is 1.95. The minimum absolute atomic E-state index is 0.0370. The van der Waals surface area contributed by atoms with Crippen LogP contribution in [0.1, 0.15) is 39.5 Å². The van der Waals surface area contributed by atoms with Crippen LogP contribution in [0.2, 0.25) is 0 Å². The summed E-state index contributed by atoms with van der Waals surface area (Å²) in [7, 11) is 1.94. The van der Waals surface area contributed by atoms with E-state index < -0.39 is 0 Å². The van der Waals surface area contributed by atoms with E-state index in [1.54, 1.807) is 0 Å². The highest BCUT2D eigenvalue weighted by atomic mass is 16.5. The first-order chi connectivity index (χ1) is 7.61. The van der Waals surface area contributed by atoms with Crippen molar-refractivity contribution in [3.63, 3.8) is 0 Å². The molecule has 0 heterocycles. The third-order valence-electron chi connectivity index (χ3n) is 2.55. The van der Waals surface area contributed by atoms with Crippen molar-refractivity contribution in [2.75, 3.05) is 20.2 Å². The van der Waals surface area contributed by atoms with E-state index in [-0.39, 0.29) is 12.0 Å². The van der Waals surface area contributed by atoms with Gasteiger partial charge >= 0.3 is 5.97 Å². The van der Waals surface area contributed by atoms with Crippen LogP contribution in [0.5, 0.6) is 0 Å². The molecule has 4 heteroatoms. The number of ether oxygens (including phenoxy) is 1. The highest BCUT2D eigenvalue weighted by molar-refractivity contribution is 5.69. The zero-order valence-corrected chi connectivity index (χ0v) is 10.5. The fourth-order valence-electron chi connectivity index (χ4n) is 1.33. The van der Waals surface area contributed by atoms with Gasteiger partial charge in [-0.3, -0.25) is 9.69 Å². The molecule has 0 aromatic rings. The first-order valence-electron chi connectivity index (χ1n) is 5.87. The molecule has 1 unspecified atom stereocenters. The lowest BCUT2D eigenvalue weighted by Gasteiger charge is -2.18. The number of nitriles is 1. The van der Waals surface area contributed by atoms with Gasteiger partial charge < -0.3 is 4.74 Å². The van der Waals surface area contributed by atoms with Crippen LogP contribution in [0.25, 0.3) is 0 Å². The van der Waals surface area contributed by atoms with E-state index in [1.807, 2.05) is 25.8 Å². The highest BCUT2D eigenvalue weighted by Gasteiger charge is 2.06. The molecule has 0 saturated carbocycles. The molecule has 0 fully saturated rings. The molecule has 0 spiro atoms. The Kier molecular flexibility index (Phi) is 8.55. The maximum atomic E-state index is 11.0. The number of unbranched alkanes of at least 4 members (excludes halogenated alkanes) is 2. The molecule has 0 saturated heterocycles. The third kappa shape index (κ3) is 7.24. The van der Waals surface area contributed by atoms with Crippen molar-refractivity contribution < 1.29 is 9.53 Å². The van der Waals surface area contributed by atoms with Crippen LogP contribution in [0.3, 0.4) is 0 Å². The summed E-state index contributed by atoms with van der Waals surface area (Å²) in [6.45, 7) is 5.06. The SMILES string of the molecule is CCOC(=O)CCCCCN(C)C(C)C#N. The second-order valence-electron chi connectivity index (χ2n) is 3.90. The topological polar surface area (TPSA) is 53.3 Å². The van der Waals surface area contributed by atoms with E-state index in [9.17, 15) is 4.79 Å². The van der Waals surface area contributed by atoms with Crippen LogP contribution in [-0.2, 0) is 9.53 Å². The highest BCUT2D eigenvalue weighted by Crippen LogP contribution is 2.04. The van der Waals surface area contributed by atoms with Crippen molar-refractivity contribution in [2.45, 2.75) is 45.6 Å². The van der Waals surface area contributed by atoms with Gasteiger partial charge in [0.2, 0.25) is 0 Å². The zero-order chi connectivity index (χ0) is 12.4. The monoisotopic (exact) mass is 226 g/mol. The van der Waals surface area contributed by atoms with Gasteiger partial charge in [0.15, 0.2) is 0 Å². The van der Waals surface area contributed by atoms with Crippen LogP contribution >= 0.6 is 0 Å². The lowest BCUT2D eigenvalue weighted by molar-refractivity contribution is -0.143. The van der Waals surface area contributed by atoms with E-state index >= 15 is 0 Å². The molecule has 0 aliphatic rings. The summed E-state index contributed by atoms with van der Waals surface area (Å²) in [5.41, 5.74) is 0. The van der Waals surface area contributed by atoms with Gasteiger partial charge in [0.1, 0.15) is 0 Å². The van der Waals surface area contributed by atoms with Gasteiger partial charge in [0.25, 0.3) is 0 Å². The maximum Gasteiger partial charge on any atom is 0.305 e. The second-order valence-corrected chi connectivity index (χ2v) is 3.90. The predicted molar refractivity (Wildman–Crippen MR) is 62.8 cm³/mol. The summed E-state index contributed by atoms with van der Waals surface area (Å²) in [5.74, 6) is -0.110. The molecule has 0 aromatic carbocycles. The molecule has 92 valence electrons. The van der Waals surface area contributed by atoms with Gasteiger partial charge in [-0.1, -0.05) is 6.42 Å². The first kappa shape index (κ1) is 14.9. The van der Waals surface area contributed by atoms with Gasteiger partial charge in [-0.05, 0) is 40.3 Å². The Hall–Kier alpha value is -1.08. The molecule has 4 nitrogen and oxygen atoms in total. The van der Waals surface area contributed by atoms with Crippen molar-refractivity contribution >= 4 is 5.97 Å². The van der Waals surface area contributed by atoms with Crippen LogP contribution in [0.15, 0.2) is 0 Å². The number of rotatable bonds is 8. The molecular formula is C12H22N2O2. The van der Waals surface area contributed by atoms with Crippen molar-refractivity contribution in [3.8, 4) is 6.07 Å². The fourth-order valence-corrected chi connectivity index (χ4v) is 1.33. The van der Waals surface area contributed by atoms with E-state index in [0.717, 1.165) is 25.8 Å². The molecule has 1 atom stereocenters. The van der Waals surface area contributed by atoms with Crippen LogP contribution in [0.4, 0.5) is 0 Å². The van der Waals surface area contributed by atoms with Crippen molar-refractivity contribution in [2.24, 2.45) is 0 Å². The number of hydrogen-bond acceptors (Lipinski definition) is 4. The summed E-state index contributed by atoms with van der Waals surface area (Å²) >= 11 is 0. The molecule has 0 bridgehead atoms. The van der Waals surface area contributed by atoms with E-state index in [2.05, 4.69) is 6.07 Å². The Balaban J connectivity index is 3.40. The molecule has 0 aliphatic heterocycles. The summed E-state index contributed by atoms with van der Waals surface area (Å²) in [4.78, 5) is 13.0. The summed E-state index contributed by atoms with van der Waals surface area (Å²) in [6, 6.07) is 2.16. The Bertz CT molecular complexity index is 236. The third-order valence-corrected chi connectivity index (χ3v) is 2.55. The Morgan fingerprint density at radius 1 is 1.44 bits per heavy atom. The van der Waals surface area contributed by atoms with E-state index in [1.165, 1.54) is 0 Å². The number of nitrogens with zero attached hydrogens (tertiary/aromatic N) is 2. The van der Waals surface area contributed by atoms with Crippen LogP contribution < -0.4 is 0 Å². The molecule has 0 amide bonds. The van der Waals surface area contributed by atoms with Gasteiger partial charge in [-0.25, -0.2) is 0 Å². The summed E-state index contributed by atoms with van der Waals surface area (Å²) < 4.78 is 4.83. The minimum atomic E-state index is -0.110. The van der Waals surface area contributed by atoms with Gasteiger partial charge in [-0.15, -0.1) is 0 Å². The smallest absolute Gasteiger partial charge is 0.305 e. The standard InChI is InChI=1S/C12H22N2O2/c1-4-16-12(15)8-6-5-7-9-14(3)11(2)10-13/h11H,4-9H2,1-3H3. The maximum absolute atomic E-state index is 11.0. The quantitative estimate of drug-likeness (QED) is 0.469. The van der Waals surface area contributed by atoms with Crippen molar-refractivity contribution in [1.82, 2.24) is 4.90 Å². The second kappa shape index (κ2) is 9.17. The normalized spacial score (nSPS) is 12.2. The van der Waals surface area contributed by atoms with E-state index in [0.29, 0.717) is 13.0 Å². The zero-order valence-electron chi connectivity index (χ0n) is 10.5. The molecule has 16 heavy (non-hydrogen) atoms. The average Bonchev–Trinajstić information content (AvgIpc) is 2.27. The lowest BCUT2D eigenvalue weighted by atomic mass is 10.2. The lowest BCUT2D eigenvalue weighted by Crippen LogP contribution is -2.28. The first-order valence-corrected chi connectivity index (χ1v) is 5.87. The summed E-state index contributed by atoms with van der Waals surface area (Å²) in [5, 5.41) is 8.69. The van der Waals surface area contributed by atoms with Gasteiger partial charge in [0.05, 0.1) is 18.7 Å². The Morgan fingerprint density at radius 2 is 2.12 bits per heavy atom. The van der Waals surface area contributed by atoms with E-state index in [4.69, 9.17) is 10.00 Å². The average molecular weight is 226 g/mol. The fraction of sp³-hybridized carbons (Fsp3) is 0.833. The van der Waals surface area contributed by atoms with Gasteiger partial charge in [-0.2, -0.15) is 5.26 Å². The molecular weight excluding hydrogens is 204 g/mol. The Morgan fingerprint density at radius 3 is 2.69 bits per heavy atom.